The first-order chi connectivity index (χ1) is 14.1. The van der Waals surface area contributed by atoms with Gasteiger partial charge >= 0.3 is 12.0 Å². The fourth-order valence-electron chi connectivity index (χ4n) is 3.68. The second-order valence-corrected chi connectivity index (χ2v) is 6.91. The summed E-state index contributed by atoms with van der Waals surface area (Å²) in [6.45, 7) is 2.50. The Morgan fingerprint density at radius 3 is 2.59 bits per heavy atom. The predicted molar refractivity (Wildman–Crippen MR) is 114 cm³/mol. The SMILES string of the molecule is CCOC(=O)C1=CN(C(=O)N(C)c2ccccc2)CCc2c1[nH]c1ccccc21. The highest BCUT2D eigenvalue weighted by atomic mass is 16.5. The molecule has 1 N–H and O–H groups in total. The molecule has 3 aromatic rings. The van der Waals surface area contributed by atoms with E-state index in [2.05, 4.69) is 4.98 Å². The Morgan fingerprint density at radius 1 is 1.10 bits per heavy atom. The van der Waals surface area contributed by atoms with E-state index >= 15 is 0 Å². The van der Waals surface area contributed by atoms with Crippen molar-refractivity contribution < 1.29 is 14.3 Å². The quantitative estimate of drug-likeness (QED) is 0.683. The molecule has 0 aliphatic carbocycles. The summed E-state index contributed by atoms with van der Waals surface area (Å²) in [6, 6.07) is 17.2. The number of anilines is 1. The summed E-state index contributed by atoms with van der Waals surface area (Å²) in [5, 5.41) is 1.06. The van der Waals surface area contributed by atoms with Gasteiger partial charge < -0.3 is 9.72 Å². The van der Waals surface area contributed by atoms with Crippen molar-refractivity contribution in [1.82, 2.24) is 9.88 Å². The number of ether oxygens (including phenoxy) is 1. The summed E-state index contributed by atoms with van der Waals surface area (Å²) < 4.78 is 5.28. The molecule has 0 fully saturated rings. The van der Waals surface area contributed by atoms with Crippen LogP contribution in [-0.4, -0.2) is 42.1 Å². The first-order valence-corrected chi connectivity index (χ1v) is 9.68. The van der Waals surface area contributed by atoms with E-state index in [-0.39, 0.29) is 12.6 Å². The highest BCUT2D eigenvalue weighted by molar-refractivity contribution is 6.18. The number of urea groups is 1. The number of fused-ring (bicyclic) bond motifs is 3. The number of aromatic nitrogens is 1. The van der Waals surface area contributed by atoms with Gasteiger partial charge in [0.25, 0.3) is 0 Å². The lowest BCUT2D eigenvalue weighted by molar-refractivity contribution is -0.136. The van der Waals surface area contributed by atoms with Gasteiger partial charge in [0.15, 0.2) is 0 Å². The van der Waals surface area contributed by atoms with Gasteiger partial charge in [-0.2, -0.15) is 0 Å². The maximum absolute atomic E-state index is 13.2. The van der Waals surface area contributed by atoms with Gasteiger partial charge in [0.2, 0.25) is 0 Å². The van der Waals surface area contributed by atoms with E-state index in [9.17, 15) is 9.59 Å². The van der Waals surface area contributed by atoms with Gasteiger partial charge in [-0.25, -0.2) is 9.59 Å². The maximum atomic E-state index is 13.2. The van der Waals surface area contributed by atoms with Crippen LogP contribution in [0.3, 0.4) is 0 Å². The molecule has 148 valence electrons. The van der Waals surface area contributed by atoms with E-state index in [1.165, 1.54) is 0 Å². The van der Waals surface area contributed by atoms with Crippen LogP contribution in [0, 0.1) is 0 Å². The van der Waals surface area contributed by atoms with E-state index in [1.807, 2.05) is 54.6 Å². The molecule has 1 aliphatic heterocycles. The summed E-state index contributed by atoms with van der Waals surface area (Å²) >= 11 is 0. The number of carbonyl (C=O) groups excluding carboxylic acids is 2. The number of hydrogen-bond donors (Lipinski definition) is 1. The highest BCUT2D eigenvalue weighted by Gasteiger charge is 2.28. The normalized spacial score (nSPS) is 13.4. The summed E-state index contributed by atoms with van der Waals surface area (Å²) in [4.78, 5) is 32.4. The summed E-state index contributed by atoms with van der Waals surface area (Å²) in [5.74, 6) is -0.442. The molecule has 2 aromatic carbocycles. The number of rotatable bonds is 3. The van der Waals surface area contributed by atoms with Crippen molar-refractivity contribution >= 4 is 34.2 Å². The molecule has 0 radical (unpaired) electrons. The number of aromatic amines is 1. The summed E-state index contributed by atoms with van der Waals surface area (Å²) in [5.41, 5.74) is 3.87. The van der Waals surface area contributed by atoms with E-state index in [0.717, 1.165) is 27.8 Å². The lowest BCUT2D eigenvalue weighted by atomic mass is 10.0. The minimum Gasteiger partial charge on any atom is -0.462 e. The minimum atomic E-state index is -0.442. The standard InChI is InChI=1S/C23H23N3O3/c1-3-29-22(27)19-15-26(23(28)25(2)16-9-5-4-6-10-16)14-13-18-17-11-7-8-12-20(17)24-21(18)19/h4-12,15,24H,3,13-14H2,1-2H3. The van der Waals surface area contributed by atoms with Crippen molar-refractivity contribution in [3.63, 3.8) is 0 Å². The van der Waals surface area contributed by atoms with Crippen molar-refractivity contribution in [3.8, 4) is 0 Å². The minimum absolute atomic E-state index is 0.201. The first kappa shape index (κ1) is 18.8. The summed E-state index contributed by atoms with van der Waals surface area (Å²) in [7, 11) is 1.73. The molecule has 4 rings (SSSR count). The number of H-pyrrole nitrogens is 1. The molecule has 1 aliphatic rings. The third kappa shape index (κ3) is 3.49. The van der Waals surface area contributed by atoms with E-state index in [0.29, 0.717) is 18.5 Å². The molecular weight excluding hydrogens is 366 g/mol. The predicted octanol–water partition coefficient (Wildman–Crippen LogP) is 4.19. The van der Waals surface area contributed by atoms with E-state index in [4.69, 9.17) is 4.74 Å². The Kier molecular flexibility index (Phi) is 5.08. The van der Waals surface area contributed by atoms with Crippen LogP contribution in [0.15, 0.2) is 60.8 Å². The number of nitrogens with zero attached hydrogens (tertiary/aromatic N) is 2. The molecule has 2 amide bonds. The molecule has 29 heavy (non-hydrogen) atoms. The molecule has 0 spiro atoms. The summed E-state index contributed by atoms with van der Waals surface area (Å²) in [6.07, 6.45) is 2.24. The molecule has 1 aromatic heterocycles. The lowest BCUT2D eigenvalue weighted by Crippen LogP contribution is -2.39. The van der Waals surface area contributed by atoms with Gasteiger partial charge in [0.1, 0.15) is 0 Å². The molecule has 0 atom stereocenters. The topological polar surface area (TPSA) is 65.6 Å². The fourth-order valence-corrected chi connectivity index (χ4v) is 3.68. The number of carbonyl (C=O) groups is 2. The molecule has 6 nitrogen and oxygen atoms in total. The molecule has 0 saturated carbocycles. The first-order valence-electron chi connectivity index (χ1n) is 9.68. The molecule has 6 heteroatoms. The van der Waals surface area contributed by atoms with Crippen LogP contribution >= 0.6 is 0 Å². The Bertz CT molecular complexity index is 1090. The number of hydrogen-bond acceptors (Lipinski definition) is 3. The van der Waals surface area contributed by atoms with Crippen molar-refractivity contribution in [3.05, 3.63) is 72.1 Å². The van der Waals surface area contributed by atoms with Crippen molar-refractivity contribution in [2.24, 2.45) is 0 Å². The van der Waals surface area contributed by atoms with Crippen LogP contribution in [0.2, 0.25) is 0 Å². The van der Waals surface area contributed by atoms with Crippen LogP contribution in [0.5, 0.6) is 0 Å². The number of esters is 1. The monoisotopic (exact) mass is 389 g/mol. The Labute approximate surface area is 169 Å². The van der Waals surface area contributed by atoms with Crippen LogP contribution in [-0.2, 0) is 16.0 Å². The number of para-hydroxylation sites is 2. The van der Waals surface area contributed by atoms with Gasteiger partial charge in [0, 0.05) is 36.4 Å². The zero-order valence-electron chi connectivity index (χ0n) is 16.5. The molecule has 0 bridgehead atoms. The average Bonchev–Trinajstić information content (AvgIpc) is 3.01. The Hall–Kier alpha value is -3.54. The largest absolute Gasteiger partial charge is 0.462 e. The zero-order chi connectivity index (χ0) is 20.4. The van der Waals surface area contributed by atoms with Gasteiger partial charge in [0.05, 0.1) is 17.9 Å². The zero-order valence-corrected chi connectivity index (χ0v) is 16.5. The molecule has 0 unspecified atom stereocenters. The molecule has 2 heterocycles. The lowest BCUT2D eigenvalue weighted by Gasteiger charge is -2.25. The average molecular weight is 389 g/mol. The third-order valence-corrected chi connectivity index (χ3v) is 5.14. The van der Waals surface area contributed by atoms with Crippen molar-refractivity contribution in [2.75, 3.05) is 25.1 Å². The Balaban J connectivity index is 1.75. The van der Waals surface area contributed by atoms with Crippen LogP contribution in [0.4, 0.5) is 10.5 Å². The fraction of sp³-hybridized carbons (Fsp3) is 0.217. The van der Waals surface area contributed by atoms with Gasteiger partial charge in [-0.3, -0.25) is 9.80 Å². The Morgan fingerprint density at radius 2 is 1.83 bits per heavy atom. The van der Waals surface area contributed by atoms with Crippen molar-refractivity contribution in [1.29, 1.82) is 0 Å². The van der Waals surface area contributed by atoms with Gasteiger partial charge in [-0.1, -0.05) is 36.4 Å². The van der Waals surface area contributed by atoms with E-state index < -0.39 is 5.97 Å². The number of nitrogens with one attached hydrogen (secondary N) is 1. The molecule has 0 saturated heterocycles. The number of amides is 2. The second kappa shape index (κ2) is 7.83. The molecular formula is C23H23N3O3. The van der Waals surface area contributed by atoms with E-state index in [1.54, 1.807) is 30.0 Å². The third-order valence-electron chi connectivity index (χ3n) is 5.14. The van der Waals surface area contributed by atoms with Crippen LogP contribution in [0.25, 0.3) is 16.5 Å². The van der Waals surface area contributed by atoms with Gasteiger partial charge in [-0.05, 0) is 37.1 Å². The van der Waals surface area contributed by atoms with Crippen molar-refractivity contribution in [2.45, 2.75) is 13.3 Å². The number of benzene rings is 2. The van der Waals surface area contributed by atoms with Crippen LogP contribution in [0.1, 0.15) is 18.2 Å². The smallest absolute Gasteiger partial charge is 0.341 e. The second-order valence-electron chi connectivity index (χ2n) is 6.91. The van der Waals surface area contributed by atoms with Gasteiger partial charge in [-0.15, -0.1) is 0 Å². The van der Waals surface area contributed by atoms with Crippen LogP contribution < -0.4 is 4.90 Å². The highest BCUT2D eigenvalue weighted by Crippen LogP contribution is 2.31. The maximum Gasteiger partial charge on any atom is 0.341 e.